The molecular weight excluding hydrogens is 312 g/mol. The topological polar surface area (TPSA) is 59.5 Å². The fraction of sp³-hybridized carbons (Fsp3) is 0.353. The van der Waals surface area contributed by atoms with Crippen molar-refractivity contribution in [3.8, 4) is 0 Å². The van der Waals surface area contributed by atoms with Gasteiger partial charge in [0, 0.05) is 17.1 Å². The van der Waals surface area contributed by atoms with E-state index in [1.807, 2.05) is 27.7 Å². The zero-order valence-corrected chi connectivity index (χ0v) is 14.7. The van der Waals surface area contributed by atoms with Crippen LogP contribution in [-0.2, 0) is 4.74 Å². The second-order valence-electron chi connectivity index (χ2n) is 5.58. The van der Waals surface area contributed by atoms with Gasteiger partial charge in [-0.05, 0) is 63.0 Å². The fourth-order valence-electron chi connectivity index (χ4n) is 2.42. The quantitative estimate of drug-likeness (QED) is 0.803. The summed E-state index contributed by atoms with van der Waals surface area (Å²) >= 11 is 1.27. The van der Waals surface area contributed by atoms with Gasteiger partial charge in [-0.1, -0.05) is 0 Å². The number of nitrogens with zero attached hydrogens (tertiary/aromatic N) is 2. The number of esters is 1. The molecule has 0 radical (unpaired) electrons. The maximum atomic E-state index is 12.9. The molecule has 2 aromatic rings. The van der Waals surface area contributed by atoms with Crippen LogP contribution in [0.1, 0.15) is 45.8 Å². The molecule has 0 fully saturated rings. The first kappa shape index (κ1) is 17.1. The Hall–Kier alpha value is -2.21. The van der Waals surface area contributed by atoms with Gasteiger partial charge >= 0.3 is 5.97 Å². The smallest absolute Gasteiger partial charge is 0.337 e. The maximum Gasteiger partial charge on any atom is 0.337 e. The maximum absolute atomic E-state index is 12.9. The lowest BCUT2D eigenvalue weighted by Crippen LogP contribution is -2.37. The minimum absolute atomic E-state index is 0.0236. The number of methoxy groups -OCH3 is 1. The number of aromatic nitrogens is 1. The first-order chi connectivity index (χ1) is 10.9. The minimum Gasteiger partial charge on any atom is -0.465 e. The molecule has 0 spiro atoms. The number of ether oxygens (including phenoxy) is 1. The molecule has 23 heavy (non-hydrogen) atoms. The summed E-state index contributed by atoms with van der Waals surface area (Å²) in [4.78, 5) is 26.3. The number of carbonyl (C=O) groups is 2. The standard InChI is InChI=1S/C17H20N2O3S/c1-10(2)19(16(20)14-9-23-18-12(14)4)15-7-6-13(8-11(15)3)17(21)22-5/h6-10H,1-5H3. The van der Waals surface area contributed by atoms with E-state index in [9.17, 15) is 9.59 Å². The Morgan fingerprint density at radius 3 is 2.43 bits per heavy atom. The van der Waals surface area contributed by atoms with E-state index < -0.39 is 0 Å². The third kappa shape index (κ3) is 3.42. The fourth-order valence-corrected chi connectivity index (χ4v) is 3.11. The minimum atomic E-state index is -0.389. The highest BCUT2D eigenvalue weighted by Gasteiger charge is 2.25. The molecule has 0 aliphatic carbocycles. The number of aryl methyl sites for hydroxylation is 2. The van der Waals surface area contributed by atoms with Crippen LogP contribution in [0.3, 0.4) is 0 Å². The lowest BCUT2D eigenvalue weighted by molar-refractivity contribution is 0.0600. The predicted octanol–water partition coefficient (Wildman–Crippen LogP) is 3.60. The van der Waals surface area contributed by atoms with Gasteiger partial charge in [0.05, 0.1) is 23.9 Å². The van der Waals surface area contributed by atoms with Crippen LogP contribution in [0.2, 0.25) is 0 Å². The molecule has 0 bridgehead atoms. The summed E-state index contributed by atoms with van der Waals surface area (Å²) in [5.41, 5.74) is 3.44. The molecule has 0 unspecified atom stereocenters. The van der Waals surface area contributed by atoms with E-state index >= 15 is 0 Å². The number of rotatable bonds is 4. The molecule has 0 aliphatic rings. The summed E-state index contributed by atoms with van der Waals surface area (Å²) in [6, 6.07) is 5.18. The average molecular weight is 332 g/mol. The van der Waals surface area contributed by atoms with Gasteiger partial charge in [0.15, 0.2) is 0 Å². The van der Waals surface area contributed by atoms with E-state index in [0.29, 0.717) is 11.1 Å². The summed E-state index contributed by atoms with van der Waals surface area (Å²) in [6.45, 7) is 7.62. The average Bonchev–Trinajstić information content (AvgIpc) is 2.94. The Labute approximate surface area is 140 Å². The molecule has 0 saturated carbocycles. The molecule has 1 heterocycles. The number of hydrogen-bond donors (Lipinski definition) is 0. The zero-order chi connectivity index (χ0) is 17.1. The van der Waals surface area contributed by atoms with Crippen LogP contribution in [0.4, 0.5) is 5.69 Å². The number of hydrogen-bond acceptors (Lipinski definition) is 5. The highest BCUT2D eigenvalue weighted by atomic mass is 32.1. The molecule has 0 saturated heterocycles. The largest absolute Gasteiger partial charge is 0.465 e. The van der Waals surface area contributed by atoms with Crippen molar-refractivity contribution >= 4 is 29.1 Å². The number of anilines is 1. The first-order valence-electron chi connectivity index (χ1n) is 7.30. The van der Waals surface area contributed by atoms with E-state index in [2.05, 4.69) is 4.37 Å². The second kappa shape index (κ2) is 6.91. The van der Waals surface area contributed by atoms with Gasteiger partial charge in [-0.3, -0.25) is 4.79 Å². The third-order valence-electron chi connectivity index (χ3n) is 3.59. The van der Waals surface area contributed by atoms with Crippen molar-refractivity contribution in [2.75, 3.05) is 12.0 Å². The van der Waals surface area contributed by atoms with Crippen LogP contribution in [-0.4, -0.2) is 29.4 Å². The van der Waals surface area contributed by atoms with Gasteiger partial charge in [-0.2, -0.15) is 4.37 Å². The van der Waals surface area contributed by atoms with Crippen molar-refractivity contribution in [1.82, 2.24) is 4.37 Å². The summed E-state index contributed by atoms with van der Waals surface area (Å²) in [7, 11) is 1.35. The van der Waals surface area contributed by atoms with E-state index in [0.717, 1.165) is 16.9 Å². The Kier molecular flexibility index (Phi) is 5.15. The van der Waals surface area contributed by atoms with E-state index in [1.54, 1.807) is 28.5 Å². The summed E-state index contributed by atoms with van der Waals surface area (Å²) < 4.78 is 8.91. The molecule has 1 amide bonds. The van der Waals surface area contributed by atoms with Gasteiger partial charge in [-0.15, -0.1) is 0 Å². The molecule has 0 N–H and O–H groups in total. The van der Waals surface area contributed by atoms with Crippen LogP contribution in [0, 0.1) is 13.8 Å². The zero-order valence-electron chi connectivity index (χ0n) is 13.9. The molecule has 1 aromatic carbocycles. The Balaban J connectivity index is 2.45. The van der Waals surface area contributed by atoms with Gasteiger partial charge in [0.2, 0.25) is 0 Å². The highest BCUT2D eigenvalue weighted by molar-refractivity contribution is 7.04. The molecule has 0 aliphatic heterocycles. The van der Waals surface area contributed by atoms with Gasteiger partial charge in [0.1, 0.15) is 0 Å². The predicted molar refractivity (Wildman–Crippen MR) is 91.3 cm³/mol. The van der Waals surface area contributed by atoms with Crippen molar-refractivity contribution in [2.24, 2.45) is 0 Å². The normalized spacial score (nSPS) is 10.7. The van der Waals surface area contributed by atoms with Crippen LogP contribution in [0.5, 0.6) is 0 Å². The number of benzene rings is 1. The second-order valence-corrected chi connectivity index (χ2v) is 6.20. The van der Waals surface area contributed by atoms with Crippen LogP contribution in [0.15, 0.2) is 23.6 Å². The third-order valence-corrected chi connectivity index (χ3v) is 4.31. The SMILES string of the molecule is COC(=O)c1ccc(N(C(=O)c2csnc2C)C(C)C)c(C)c1. The van der Waals surface area contributed by atoms with Crippen molar-refractivity contribution in [2.45, 2.75) is 33.7 Å². The molecule has 5 nitrogen and oxygen atoms in total. The lowest BCUT2D eigenvalue weighted by atomic mass is 10.1. The van der Waals surface area contributed by atoms with Crippen molar-refractivity contribution in [1.29, 1.82) is 0 Å². The Bertz CT molecular complexity index is 737. The molecule has 0 atom stereocenters. The van der Waals surface area contributed by atoms with Crippen LogP contribution < -0.4 is 4.90 Å². The molecular formula is C17H20N2O3S. The summed E-state index contributed by atoms with van der Waals surface area (Å²) in [6.07, 6.45) is 0. The van der Waals surface area contributed by atoms with Crippen LogP contribution >= 0.6 is 11.5 Å². The van der Waals surface area contributed by atoms with E-state index in [4.69, 9.17) is 4.74 Å². The van der Waals surface area contributed by atoms with Crippen molar-refractivity contribution in [3.05, 3.63) is 46.0 Å². The van der Waals surface area contributed by atoms with Gasteiger partial charge in [-0.25, -0.2) is 4.79 Å². The lowest BCUT2D eigenvalue weighted by Gasteiger charge is -2.28. The Morgan fingerprint density at radius 1 is 1.26 bits per heavy atom. The molecule has 122 valence electrons. The van der Waals surface area contributed by atoms with Gasteiger partial charge in [0.25, 0.3) is 5.91 Å². The summed E-state index contributed by atoms with van der Waals surface area (Å²) in [5, 5.41) is 1.77. The van der Waals surface area contributed by atoms with Crippen molar-refractivity contribution in [3.63, 3.8) is 0 Å². The van der Waals surface area contributed by atoms with Gasteiger partial charge < -0.3 is 9.64 Å². The molecule has 2 rings (SSSR count). The molecule has 6 heteroatoms. The monoisotopic (exact) mass is 332 g/mol. The first-order valence-corrected chi connectivity index (χ1v) is 8.14. The number of carbonyl (C=O) groups excluding carboxylic acids is 2. The van der Waals surface area contributed by atoms with E-state index in [-0.39, 0.29) is 17.9 Å². The summed E-state index contributed by atoms with van der Waals surface area (Å²) in [5.74, 6) is -0.472. The van der Waals surface area contributed by atoms with Crippen molar-refractivity contribution < 1.29 is 14.3 Å². The highest BCUT2D eigenvalue weighted by Crippen LogP contribution is 2.26. The number of amides is 1. The molecule has 1 aromatic heterocycles. The van der Waals surface area contributed by atoms with Crippen LogP contribution in [0.25, 0.3) is 0 Å². The Morgan fingerprint density at radius 2 is 1.96 bits per heavy atom. The van der Waals surface area contributed by atoms with E-state index in [1.165, 1.54) is 18.6 Å².